The molecule has 3 aromatic rings. The van der Waals surface area contributed by atoms with Crippen LogP contribution in [-0.2, 0) is 30.9 Å². The van der Waals surface area contributed by atoms with E-state index in [0.717, 1.165) is 4.31 Å². The summed E-state index contributed by atoms with van der Waals surface area (Å²) >= 11 is 6.28. The highest BCUT2D eigenvalue weighted by Gasteiger charge is 2.36. The average molecular weight is 559 g/mol. The smallest absolute Gasteiger partial charge is 0.348 e. The van der Waals surface area contributed by atoms with Crippen LogP contribution in [0.1, 0.15) is 12.5 Å². The van der Waals surface area contributed by atoms with Gasteiger partial charge < -0.3 is 19.1 Å². The summed E-state index contributed by atoms with van der Waals surface area (Å²) in [7, 11) is -2.95. The number of carbonyl (C=O) groups is 2. The lowest BCUT2D eigenvalue weighted by atomic mass is 10.2. The molecule has 38 heavy (non-hydrogen) atoms. The first kappa shape index (κ1) is 27.4. The molecule has 9 nitrogen and oxygen atoms in total. The van der Waals surface area contributed by atoms with Gasteiger partial charge in [0.05, 0.1) is 42.4 Å². The second-order valence-electron chi connectivity index (χ2n) is 8.39. The molecular weight excluding hydrogens is 532 g/mol. The zero-order valence-corrected chi connectivity index (χ0v) is 22.4. The molecule has 3 aromatic carbocycles. The highest BCUT2D eigenvalue weighted by molar-refractivity contribution is 7.89. The van der Waals surface area contributed by atoms with Gasteiger partial charge in [0.15, 0.2) is 0 Å². The van der Waals surface area contributed by atoms with Gasteiger partial charge in [-0.15, -0.1) is 0 Å². The van der Waals surface area contributed by atoms with Crippen LogP contribution >= 0.6 is 11.6 Å². The van der Waals surface area contributed by atoms with Gasteiger partial charge in [0.2, 0.25) is 22.0 Å². The molecule has 4 rings (SSSR count). The Morgan fingerprint density at radius 3 is 2.47 bits per heavy atom. The lowest BCUT2D eigenvalue weighted by Crippen LogP contribution is -2.50. The second-order valence-corrected chi connectivity index (χ2v) is 10.7. The van der Waals surface area contributed by atoms with Crippen molar-refractivity contribution in [3.05, 3.63) is 83.4 Å². The number of esters is 1. The minimum Gasteiger partial charge on any atom is -0.492 e. The quantitative estimate of drug-likeness (QED) is 0.367. The largest absolute Gasteiger partial charge is 0.492 e. The van der Waals surface area contributed by atoms with E-state index in [1.165, 1.54) is 30.2 Å². The Balaban J connectivity index is 1.68. The lowest BCUT2D eigenvalue weighted by Gasteiger charge is -2.34. The minimum absolute atomic E-state index is 0.0633. The number of hydrogen-bond donors (Lipinski definition) is 0. The molecule has 1 aliphatic heterocycles. The zero-order chi connectivity index (χ0) is 27.3. The summed E-state index contributed by atoms with van der Waals surface area (Å²) in [5.41, 5.74) is 1.12. The van der Waals surface area contributed by atoms with Gasteiger partial charge >= 0.3 is 5.97 Å². The van der Waals surface area contributed by atoms with E-state index in [4.69, 9.17) is 25.8 Å². The normalized spacial score (nSPS) is 14.9. The monoisotopic (exact) mass is 558 g/mol. The van der Waals surface area contributed by atoms with Crippen molar-refractivity contribution < 1.29 is 32.2 Å². The maximum atomic E-state index is 13.8. The maximum Gasteiger partial charge on any atom is 0.348 e. The Morgan fingerprint density at radius 2 is 1.79 bits per heavy atom. The van der Waals surface area contributed by atoms with E-state index >= 15 is 0 Å². The molecule has 0 saturated heterocycles. The molecule has 1 aliphatic rings. The third-order valence-electron chi connectivity index (χ3n) is 5.89. The van der Waals surface area contributed by atoms with Crippen LogP contribution in [0.3, 0.4) is 0 Å². The van der Waals surface area contributed by atoms with Crippen molar-refractivity contribution in [3.8, 4) is 11.5 Å². The molecule has 0 spiro atoms. The molecule has 0 fully saturated rings. The van der Waals surface area contributed by atoms with Crippen molar-refractivity contribution in [1.82, 2.24) is 4.31 Å². The Bertz CT molecular complexity index is 1420. The first-order valence-electron chi connectivity index (χ1n) is 11.8. The van der Waals surface area contributed by atoms with Crippen molar-refractivity contribution in [1.29, 1.82) is 0 Å². The summed E-state index contributed by atoms with van der Waals surface area (Å²) in [5, 5.41) is 0.141. The molecule has 0 unspecified atom stereocenters. The summed E-state index contributed by atoms with van der Waals surface area (Å²) in [6.07, 6.45) is -1.05. The highest BCUT2D eigenvalue weighted by Crippen LogP contribution is 2.34. The number of carbonyl (C=O) groups excluding carboxylic acids is 2. The Labute approximate surface area is 226 Å². The Kier molecular flexibility index (Phi) is 8.55. The predicted molar refractivity (Wildman–Crippen MR) is 142 cm³/mol. The number of para-hydroxylation sites is 2. The molecule has 0 radical (unpaired) electrons. The number of sulfonamides is 1. The van der Waals surface area contributed by atoms with Gasteiger partial charge in [-0.2, -0.15) is 4.31 Å². The molecule has 0 aromatic heterocycles. The van der Waals surface area contributed by atoms with E-state index in [2.05, 4.69) is 0 Å². The van der Waals surface area contributed by atoms with E-state index in [1.54, 1.807) is 55.5 Å². The first-order chi connectivity index (χ1) is 18.2. The van der Waals surface area contributed by atoms with Crippen LogP contribution in [0, 0.1) is 0 Å². The number of amides is 1. The summed E-state index contributed by atoms with van der Waals surface area (Å²) in [6.45, 7) is 1.48. The third-order valence-corrected chi connectivity index (χ3v) is 7.98. The van der Waals surface area contributed by atoms with Crippen LogP contribution in [0.25, 0.3) is 0 Å². The number of nitrogens with zero attached hydrogens (tertiary/aromatic N) is 2. The summed E-state index contributed by atoms with van der Waals surface area (Å²) in [5.74, 6) is -0.503. The molecule has 0 saturated carbocycles. The highest BCUT2D eigenvalue weighted by atomic mass is 35.5. The summed E-state index contributed by atoms with van der Waals surface area (Å²) < 4.78 is 44.6. The molecule has 0 bridgehead atoms. The third kappa shape index (κ3) is 5.93. The first-order valence-corrected chi connectivity index (χ1v) is 13.7. The molecule has 0 aliphatic carbocycles. The standard InChI is InChI=1S/C27H27ClN2O7S/c1-3-36-23-14-13-20(15-21(23)28)38(33,34)29(16-19-9-5-4-6-10-19)18-26(31)30-17-25(27(32)35-2)37-24-12-8-7-11-22(24)30/h4-15,25H,3,16-18H2,1-2H3/t25-/m1/s1. The van der Waals surface area contributed by atoms with Crippen molar-refractivity contribution in [3.63, 3.8) is 0 Å². The van der Waals surface area contributed by atoms with E-state index in [0.29, 0.717) is 29.4 Å². The SMILES string of the molecule is CCOc1ccc(S(=O)(=O)N(CC(=O)N2C[C@H](C(=O)OC)Oc3ccccc32)Cc2ccccc2)cc1Cl. The topological polar surface area (TPSA) is 102 Å². The number of fused-ring (bicyclic) bond motifs is 1. The fourth-order valence-electron chi connectivity index (χ4n) is 4.04. The van der Waals surface area contributed by atoms with E-state index in [-0.39, 0.29) is 23.0 Å². The van der Waals surface area contributed by atoms with Crippen molar-refractivity contribution >= 4 is 39.2 Å². The summed E-state index contributed by atoms with van der Waals surface area (Å²) in [4.78, 5) is 27.2. The van der Waals surface area contributed by atoms with Gasteiger partial charge in [-0.25, -0.2) is 13.2 Å². The lowest BCUT2D eigenvalue weighted by molar-refractivity contribution is -0.148. The number of hydrogen-bond acceptors (Lipinski definition) is 7. The molecule has 200 valence electrons. The van der Waals surface area contributed by atoms with Crippen molar-refractivity contribution in [2.75, 3.05) is 31.7 Å². The van der Waals surface area contributed by atoms with Crippen LogP contribution in [0.4, 0.5) is 5.69 Å². The van der Waals surface area contributed by atoms with Crippen molar-refractivity contribution in [2.24, 2.45) is 0 Å². The molecular formula is C27H27ClN2O7S. The van der Waals surface area contributed by atoms with Gasteiger partial charge in [0, 0.05) is 6.54 Å². The second kappa shape index (κ2) is 11.8. The maximum absolute atomic E-state index is 13.8. The number of ether oxygens (including phenoxy) is 3. The molecule has 1 heterocycles. The van der Waals surface area contributed by atoms with Crippen LogP contribution in [-0.4, -0.2) is 57.5 Å². The number of benzene rings is 3. The Morgan fingerprint density at radius 1 is 1.08 bits per heavy atom. The molecule has 1 atom stereocenters. The number of anilines is 1. The van der Waals surface area contributed by atoms with Crippen molar-refractivity contribution in [2.45, 2.75) is 24.5 Å². The molecule has 1 amide bonds. The van der Waals surface area contributed by atoms with E-state index in [9.17, 15) is 18.0 Å². The fraction of sp³-hybridized carbons (Fsp3) is 0.259. The Hall–Kier alpha value is -3.60. The summed E-state index contributed by atoms with van der Waals surface area (Å²) in [6, 6.07) is 19.9. The van der Waals surface area contributed by atoms with E-state index in [1.807, 2.05) is 6.07 Å². The van der Waals surface area contributed by atoms with Gasteiger partial charge in [-0.1, -0.05) is 54.1 Å². The van der Waals surface area contributed by atoms with Crippen LogP contribution < -0.4 is 14.4 Å². The van der Waals surface area contributed by atoms with Gasteiger partial charge in [0.1, 0.15) is 11.5 Å². The van der Waals surface area contributed by atoms with Gasteiger partial charge in [0.25, 0.3) is 0 Å². The van der Waals surface area contributed by atoms with Gasteiger partial charge in [-0.3, -0.25) is 4.79 Å². The number of methoxy groups -OCH3 is 1. The fourth-order valence-corrected chi connectivity index (χ4v) is 5.74. The minimum atomic E-state index is -4.18. The average Bonchev–Trinajstić information content (AvgIpc) is 2.93. The molecule has 11 heteroatoms. The van der Waals surface area contributed by atoms with E-state index < -0.39 is 34.5 Å². The van der Waals surface area contributed by atoms with Crippen LogP contribution in [0.5, 0.6) is 11.5 Å². The zero-order valence-electron chi connectivity index (χ0n) is 20.9. The van der Waals surface area contributed by atoms with Crippen LogP contribution in [0.15, 0.2) is 77.7 Å². The molecule has 0 N–H and O–H groups in total. The predicted octanol–water partition coefficient (Wildman–Crippen LogP) is 3.90. The number of rotatable bonds is 9. The number of halogens is 1. The van der Waals surface area contributed by atoms with Crippen LogP contribution in [0.2, 0.25) is 5.02 Å². The van der Waals surface area contributed by atoms with Gasteiger partial charge in [-0.05, 0) is 42.8 Å².